The number of nitrogens with zero attached hydrogens (tertiary/aromatic N) is 1. The second-order valence-electron chi connectivity index (χ2n) is 7.99. The maximum absolute atomic E-state index is 12.4. The summed E-state index contributed by atoms with van der Waals surface area (Å²) in [6.45, 7) is 5.38. The van der Waals surface area contributed by atoms with Crippen LogP contribution < -0.4 is 10.2 Å². The standard InChI is InChI=1S/C24H26N2O5/c1-15(2)23(29)25-19-8-6-17(7-9-19)21(27)14-31-24(30)18-12-22(28)26(13-18)20-10-4-16(3)5-11-20/h4-11,15,18H,12-14H2,1-3H3,(H,25,29)/t18-/m0/s1. The first-order valence-corrected chi connectivity index (χ1v) is 10.2. The number of carbonyl (C=O) groups is 4. The van der Waals surface area contributed by atoms with Crippen molar-refractivity contribution >= 4 is 34.9 Å². The van der Waals surface area contributed by atoms with E-state index in [0.29, 0.717) is 11.3 Å². The van der Waals surface area contributed by atoms with Gasteiger partial charge in [0.1, 0.15) is 0 Å². The molecule has 162 valence electrons. The Labute approximate surface area is 181 Å². The summed E-state index contributed by atoms with van der Waals surface area (Å²) < 4.78 is 5.18. The van der Waals surface area contributed by atoms with Crippen LogP contribution in [0, 0.1) is 18.8 Å². The third-order valence-corrected chi connectivity index (χ3v) is 5.15. The van der Waals surface area contributed by atoms with Crippen LogP contribution in [0.4, 0.5) is 11.4 Å². The quantitative estimate of drug-likeness (QED) is 0.546. The number of amides is 2. The second kappa shape index (κ2) is 9.55. The summed E-state index contributed by atoms with van der Waals surface area (Å²) >= 11 is 0. The van der Waals surface area contributed by atoms with E-state index >= 15 is 0 Å². The Morgan fingerprint density at radius 1 is 1.06 bits per heavy atom. The van der Waals surface area contributed by atoms with E-state index in [1.54, 1.807) is 43.0 Å². The average molecular weight is 422 g/mol. The number of anilines is 2. The number of benzene rings is 2. The molecule has 2 aromatic rings. The fraction of sp³-hybridized carbons (Fsp3) is 0.333. The molecule has 3 rings (SSSR count). The number of rotatable bonds is 7. The van der Waals surface area contributed by atoms with E-state index in [0.717, 1.165) is 11.3 Å². The Bertz CT molecular complexity index is 980. The zero-order valence-corrected chi connectivity index (χ0v) is 17.9. The number of carbonyl (C=O) groups excluding carboxylic acids is 4. The average Bonchev–Trinajstić information content (AvgIpc) is 3.14. The fourth-order valence-corrected chi connectivity index (χ4v) is 3.20. The van der Waals surface area contributed by atoms with Crippen LogP contribution in [0.15, 0.2) is 48.5 Å². The Morgan fingerprint density at radius 2 is 1.71 bits per heavy atom. The maximum Gasteiger partial charge on any atom is 0.311 e. The van der Waals surface area contributed by atoms with Gasteiger partial charge in [0, 0.05) is 35.8 Å². The van der Waals surface area contributed by atoms with Gasteiger partial charge in [-0.15, -0.1) is 0 Å². The smallest absolute Gasteiger partial charge is 0.311 e. The van der Waals surface area contributed by atoms with Crippen molar-refractivity contribution in [3.05, 3.63) is 59.7 Å². The van der Waals surface area contributed by atoms with Gasteiger partial charge in [-0.2, -0.15) is 0 Å². The molecule has 1 aliphatic rings. The van der Waals surface area contributed by atoms with Gasteiger partial charge in [-0.25, -0.2) is 0 Å². The first kappa shape index (κ1) is 22.2. The zero-order valence-electron chi connectivity index (χ0n) is 17.9. The number of ketones is 1. The van der Waals surface area contributed by atoms with Crippen LogP contribution in [-0.2, 0) is 19.1 Å². The highest BCUT2D eigenvalue weighted by atomic mass is 16.5. The summed E-state index contributed by atoms with van der Waals surface area (Å²) in [5.41, 5.74) is 2.79. The SMILES string of the molecule is Cc1ccc(N2C[C@@H](C(=O)OCC(=O)c3ccc(NC(=O)C(C)C)cc3)CC2=O)cc1. The minimum atomic E-state index is -0.602. The number of esters is 1. The number of ether oxygens (including phenoxy) is 1. The minimum absolute atomic E-state index is 0.0607. The highest BCUT2D eigenvalue weighted by Gasteiger charge is 2.36. The molecule has 7 heteroatoms. The Morgan fingerprint density at radius 3 is 2.32 bits per heavy atom. The summed E-state index contributed by atoms with van der Waals surface area (Å²) in [6.07, 6.45) is 0.0607. The van der Waals surface area contributed by atoms with E-state index in [9.17, 15) is 19.2 Å². The molecule has 7 nitrogen and oxygen atoms in total. The summed E-state index contributed by atoms with van der Waals surface area (Å²) in [4.78, 5) is 50.3. The molecule has 2 amide bonds. The van der Waals surface area contributed by atoms with Gasteiger partial charge in [0.15, 0.2) is 12.4 Å². The topological polar surface area (TPSA) is 92.8 Å². The predicted octanol–water partition coefficient (Wildman–Crippen LogP) is 3.37. The number of aryl methyl sites for hydroxylation is 1. The van der Waals surface area contributed by atoms with Crippen molar-refractivity contribution in [3.63, 3.8) is 0 Å². The molecule has 1 aliphatic heterocycles. The van der Waals surface area contributed by atoms with Crippen LogP contribution in [0.1, 0.15) is 36.2 Å². The third kappa shape index (κ3) is 5.57. The van der Waals surface area contributed by atoms with Crippen molar-refractivity contribution in [2.45, 2.75) is 27.2 Å². The molecular weight excluding hydrogens is 396 g/mol. The molecule has 2 aromatic carbocycles. The molecule has 0 bridgehead atoms. The van der Waals surface area contributed by atoms with E-state index in [4.69, 9.17) is 4.74 Å². The summed E-state index contributed by atoms with van der Waals surface area (Å²) in [6, 6.07) is 13.9. The molecule has 0 unspecified atom stereocenters. The minimum Gasteiger partial charge on any atom is -0.457 e. The van der Waals surface area contributed by atoms with E-state index < -0.39 is 18.5 Å². The maximum atomic E-state index is 12.4. The van der Waals surface area contributed by atoms with Gasteiger partial charge in [-0.1, -0.05) is 31.5 Å². The molecule has 0 saturated carbocycles. The molecule has 1 fully saturated rings. The molecule has 0 aromatic heterocycles. The lowest BCUT2D eigenvalue weighted by atomic mass is 10.1. The van der Waals surface area contributed by atoms with Crippen LogP contribution in [0.2, 0.25) is 0 Å². The largest absolute Gasteiger partial charge is 0.457 e. The number of hydrogen-bond acceptors (Lipinski definition) is 5. The van der Waals surface area contributed by atoms with Crippen molar-refractivity contribution in [3.8, 4) is 0 Å². The first-order valence-electron chi connectivity index (χ1n) is 10.2. The lowest BCUT2D eigenvalue weighted by Crippen LogP contribution is -2.27. The van der Waals surface area contributed by atoms with Gasteiger partial charge in [0.2, 0.25) is 11.8 Å². The van der Waals surface area contributed by atoms with Crippen LogP contribution >= 0.6 is 0 Å². The third-order valence-electron chi connectivity index (χ3n) is 5.15. The van der Waals surface area contributed by atoms with Crippen LogP contribution in [-0.4, -0.2) is 36.7 Å². The highest BCUT2D eigenvalue weighted by molar-refractivity contribution is 6.01. The van der Waals surface area contributed by atoms with Crippen molar-refractivity contribution in [1.82, 2.24) is 0 Å². The molecule has 1 N–H and O–H groups in total. The highest BCUT2D eigenvalue weighted by Crippen LogP contribution is 2.26. The predicted molar refractivity (Wildman–Crippen MR) is 117 cm³/mol. The van der Waals surface area contributed by atoms with E-state index in [2.05, 4.69) is 5.32 Å². The summed E-state index contributed by atoms with van der Waals surface area (Å²) in [7, 11) is 0. The monoisotopic (exact) mass is 422 g/mol. The van der Waals surface area contributed by atoms with Gasteiger partial charge in [0.05, 0.1) is 5.92 Å². The summed E-state index contributed by atoms with van der Waals surface area (Å²) in [5.74, 6) is -1.91. The van der Waals surface area contributed by atoms with Crippen molar-refractivity contribution in [2.24, 2.45) is 11.8 Å². The molecule has 1 saturated heterocycles. The van der Waals surface area contributed by atoms with Gasteiger partial charge in [-0.3, -0.25) is 19.2 Å². The Kier molecular flexibility index (Phi) is 6.84. The first-order chi connectivity index (χ1) is 14.7. The molecule has 0 aliphatic carbocycles. The van der Waals surface area contributed by atoms with Gasteiger partial charge < -0.3 is 15.0 Å². The fourth-order valence-electron chi connectivity index (χ4n) is 3.20. The molecule has 31 heavy (non-hydrogen) atoms. The number of hydrogen-bond donors (Lipinski definition) is 1. The van der Waals surface area contributed by atoms with E-state index in [-0.39, 0.29) is 36.5 Å². The zero-order chi connectivity index (χ0) is 22.5. The van der Waals surface area contributed by atoms with Crippen LogP contribution in [0.3, 0.4) is 0 Å². The molecule has 0 radical (unpaired) electrons. The van der Waals surface area contributed by atoms with E-state index in [1.807, 2.05) is 31.2 Å². The van der Waals surface area contributed by atoms with Crippen LogP contribution in [0.5, 0.6) is 0 Å². The Hall–Kier alpha value is -3.48. The number of Topliss-reactive ketones (excluding diaryl/α,β-unsaturated/α-hetero) is 1. The van der Waals surface area contributed by atoms with Crippen molar-refractivity contribution < 1.29 is 23.9 Å². The van der Waals surface area contributed by atoms with Gasteiger partial charge in [-0.05, 0) is 43.3 Å². The lowest BCUT2D eigenvalue weighted by molar-refractivity contribution is -0.147. The normalized spacial score (nSPS) is 15.8. The second-order valence-corrected chi connectivity index (χ2v) is 7.99. The van der Waals surface area contributed by atoms with Crippen molar-refractivity contribution in [2.75, 3.05) is 23.4 Å². The molecule has 1 heterocycles. The van der Waals surface area contributed by atoms with Crippen LogP contribution in [0.25, 0.3) is 0 Å². The summed E-state index contributed by atoms with van der Waals surface area (Å²) in [5, 5.41) is 2.75. The number of nitrogens with one attached hydrogen (secondary N) is 1. The van der Waals surface area contributed by atoms with Crippen molar-refractivity contribution in [1.29, 1.82) is 0 Å². The molecular formula is C24H26N2O5. The lowest BCUT2D eigenvalue weighted by Gasteiger charge is -2.16. The van der Waals surface area contributed by atoms with Gasteiger partial charge in [0.25, 0.3) is 0 Å². The van der Waals surface area contributed by atoms with Gasteiger partial charge >= 0.3 is 5.97 Å². The molecule has 0 spiro atoms. The Balaban J connectivity index is 1.52. The molecule has 1 atom stereocenters. The van der Waals surface area contributed by atoms with E-state index in [1.165, 1.54) is 0 Å².